The van der Waals surface area contributed by atoms with Crippen molar-refractivity contribution in [1.29, 1.82) is 0 Å². The van der Waals surface area contributed by atoms with Crippen LogP contribution >= 0.6 is 0 Å². The van der Waals surface area contributed by atoms with Crippen LogP contribution in [0.25, 0.3) is 0 Å². The van der Waals surface area contributed by atoms with Crippen LogP contribution in [0.5, 0.6) is 0 Å². The Hall–Kier alpha value is -1.88. The summed E-state index contributed by atoms with van der Waals surface area (Å²) in [6.45, 7) is 4.82. The molecule has 1 aromatic rings. The molecular weight excluding hydrogens is 302 g/mol. The maximum absolute atomic E-state index is 12.5. The highest BCUT2D eigenvalue weighted by molar-refractivity contribution is 5.94. The fraction of sp³-hybridized carbons (Fsp3) is 0.579. The van der Waals surface area contributed by atoms with Crippen LogP contribution in [-0.4, -0.2) is 35.8 Å². The normalized spacial score (nSPS) is 16.2. The zero-order valence-corrected chi connectivity index (χ0v) is 15.0. The fourth-order valence-electron chi connectivity index (χ4n) is 3.30. The van der Waals surface area contributed by atoms with Crippen LogP contribution in [0.1, 0.15) is 55.5 Å². The van der Waals surface area contributed by atoms with Crippen molar-refractivity contribution in [2.45, 2.75) is 51.6 Å². The maximum atomic E-state index is 12.5. The highest BCUT2D eigenvalue weighted by Crippen LogP contribution is 2.29. The van der Waals surface area contributed by atoms with Gasteiger partial charge in [-0.15, -0.1) is 0 Å². The zero-order chi connectivity index (χ0) is 17.7. The molecule has 0 aromatic heterocycles. The molecular formula is C19H29N3O2. The van der Waals surface area contributed by atoms with Gasteiger partial charge in [0.2, 0.25) is 5.91 Å². The van der Waals surface area contributed by atoms with E-state index in [1.165, 1.54) is 0 Å². The molecule has 0 heterocycles. The van der Waals surface area contributed by atoms with Crippen LogP contribution in [0.2, 0.25) is 0 Å². The molecule has 2 amide bonds. The number of nitrogens with one attached hydrogen (secondary N) is 1. The Morgan fingerprint density at radius 1 is 1.21 bits per heavy atom. The van der Waals surface area contributed by atoms with E-state index < -0.39 is 0 Å². The topological polar surface area (TPSA) is 75.4 Å². The van der Waals surface area contributed by atoms with Crippen molar-refractivity contribution in [2.24, 2.45) is 11.7 Å². The number of nitrogens with two attached hydrogens (primary N) is 1. The van der Waals surface area contributed by atoms with E-state index in [1.807, 2.05) is 38.1 Å². The fourth-order valence-corrected chi connectivity index (χ4v) is 3.30. The highest BCUT2D eigenvalue weighted by Gasteiger charge is 2.34. The third-order valence-corrected chi connectivity index (χ3v) is 4.84. The summed E-state index contributed by atoms with van der Waals surface area (Å²) in [6, 6.07) is 7.45. The first-order chi connectivity index (χ1) is 11.4. The van der Waals surface area contributed by atoms with Gasteiger partial charge in [-0.2, -0.15) is 0 Å². The molecule has 1 saturated carbocycles. The Morgan fingerprint density at radius 2 is 1.79 bits per heavy atom. The molecule has 0 atom stereocenters. The van der Waals surface area contributed by atoms with Crippen molar-refractivity contribution in [1.82, 2.24) is 10.2 Å². The minimum atomic E-state index is -0.236. The summed E-state index contributed by atoms with van der Waals surface area (Å²) in [5.41, 5.74) is 7.29. The predicted octanol–water partition coefficient (Wildman–Crippen LogP) is 2.30. The van der Waals surface area contributed by atoms with Crippen molar-refractivity contribution in [3.05, 3.63) is 35.4 Å². The Bertz CT molecular complexity index is 575. The van der Waals surface area contributed by atoms with E-state index in [1.54, 1.807) is 11.9 Å². The van der Waals surface area contributed by atoms with Crippen LogP contribution in [0.15, 0.2) is 24.3 Å². The van der Waals surface area contributed by atoms with Gasteiger partial charge < -0.3 is 16.0 Å². The lowest BCUT2D eigenvalue weighted by Gasteiger charge is -2.28. The summed E-state index contributed by atoms with van der Waals surface area (Å²) >= 11 is 0. The SMILES string of the molecule is CC(C)C(=O)N(C)Cc1ccc(C(=O)NC2(CN)CCCC2)cc1. The number of rotatable bonds is 6. The molecule has 0 aliphatic heterocycles. The van der Waals surface area contributed by atoms with Gasteiger partial charge in [0, 0.05) is 31.6 Å². The summed E-state index contributed by atoms with van der Waals surface area (Å²) in [5, 5.41) is 3.12. The van der Waals surface area contributed by atoms with E-state index >= 15 is 0 Å². The number of amides is 2. The van der Waals surface area contributed by atoms with Crippen LogP contribution in [0, 0.1) is 5.92 Å². The molecule has 1 fully saturated rings. The summed E-state index contributed by atoms with van der Waals surface area (Å²) < 4.78 is 0. The van der Waals surface area contributed by atoms with Crippen LogP contribution in [-0.2, 0) is 11.3 Å². The minimum absolute atomic E-state index is 0.0149. The Kier molecular flexibility index (Phi) is 5.99. The van der Waals surface area contributed by atoms with E-state index in [0.29, 0.717) is 18.7 Å². The quantitative estimate of drug-likeness (QED) is 0.840. The van der Waals surface area contributed by atoms with Crippen molar-refractivity contribution in [2.75, 3.05) is 13.6 Å². The van der Waals surface area contributed by atoms with Crippen molar-refractivity contribution >= 4 is 11.8 Å². The molecule has 1 aliphatic rings. The molecule has 3 N–H and O–H groups in total. The lowest BCUT2D eigenvalue weighted by molar-refractivity contribution is -0.133. The van der Waals surface area contributed by atoms with Crippen LogP contribution in [0.4, 0.5) is 0 Å². The zero-order valence-electron chi connectivity index (χ0n) is 15.0. The Labute approximate surface area is 144 Å². The average Bonchev–Trinajstić information content (AvgIpc) is 3.03. The van der Waals surface area contributed by atoms with Gasteiger partial charge in [-0.3, -0.25) is 9.59 Å². The van der Waals surface area contributed by atoms with Gasteiger partial charge in [-0.05, 0) is 30.5 Å². The largest absolute Gasteiger partial charge is 0.345 e. The summed E-state index contributed by atoms with van der Waals surface area (Å²) in [4.78, 5) is 26.1. The van der Waals surface area contributed by atoms with Crippen molar-refractivity contribution < 1.29 is 9.59 Å². The lowest BCUT2D eigenvalue weighted by atomic mass is 9.97. The smallest absolute Gasteiger partial charge is 0.251 e. The van der Waals surface area contributed by atoms with E-state index in [0.717, 1.165) is 31.2 Å². The minimum Gasteiger partial charge on any atom is -0.345 e. The molecule has 2 rings (SSSR count). The first-order valence-electron chi connectivity index (χ1n) is 8.73. The van der Waals surface area contributed by atoms with Gasteiger partial charge in [0.1, 0.15) is 0 Å². The summed E-state index contributed by atoms with van der Waals surface area (Å²) in [6.07, 6.45) is 4.14. The van der Waals surface area contributed by atoms with Crippen molar-refractivity contribution in [3.8, 4) is 0 Å². The highest BCUT2D eigenvalue weighted by atomic mass is 16.2. The first kappa shape index (κ1) is 18.5. The average molecular weight is 331 g/mol. The first-order valence-corrected chi connectivity index (χ1v) is 8.73. The van der Waals surface area contributed by atoms with Gasteiger partial charge in [-0.1, -0.05) is 38.8 Å². The third-order valence-electron chi connectivity index (χ3n) is 4.84. The lowest BCUT2D eigenvalue weighted by Crippen LogP contribution is -2.51. The predicted molar refractivity (Wildman–Crippen MR) is 95.5 cm³/mol. The van der Waals surface area contributed by atoms with Gasteiger partial charge in [0.05, 0.1) is 5.54 Å². The second-order valence-corrected chi connectivity index (χ2v) is 7.19. The van der Waals surface area contributed by atoms with E-state index in [-0.39, 0.29) is 23.3 Å². The molecule has 0 spiro atoms. The number of hydrogen-bond donors (Lipinski definition) is 2. The van der Waals surface area contributed by atoms with Gasteiger partial charge in [-0.25, -0.2) is 0 Å². The molecule has 1 aliphatic carbocycles. The third kappa shape index (κ3) is 4.35. The van der Waals surface area contributed by atoms with Gasteiger partial charge in [0.25, 0.3) is 5.91 Å². The molecule has 0 radical (unpaired) electrons. The molecule has 0 bridgehead atoms. The van der Waals surface area contributed by atoms with Gasteiger partial charge in [0.15, 0.2) is 0 Å². The standard InChI is InChI=1S/C19H29N3O2/c1-14(2)18(24)22(3)12-15-6-8-16(9-7-15)17(23)21-19(13-20)10-4-5-11-19/h6-9,14H,4-5,10-13,20H2,1-3H3,(H,21,23). The van der Waals surface area contributed by atoms with E-state index in [4.69, 9.17) is 5.73 Å². The molecule has 5 nitrogen and oxygen atoms in total. The van der Waals surface area contributed by atoms with E-state index in [9.17, 15) is 9.59 Å². The summed E-state index contributed by atoms with van der Waals surface area (Å²) in [5.74, 6) is 0.0300. The number of carbonyl (C=O) groups is 2. The Balaban J connectivity index is 1.98. The Morgan fingerprint density at radius 3 is 2.29 bits per heavy atom. The molecule has 0 unspecified atom stereocenters. The van der Waals surface area contributed by atoms with Crippen LogP contribution in [0.3, 0.4) is 0 Å². The maximum Gasteiger partial charge on any atom is 0.251 e. The number of benzene rings is 1. The number of carbonyl (C=O) groups excluding carboxylic acids is 2. The van der Waals surface area contributed by atoms with E-state index in [2.05, 4.69) is 5.32 Å². The number of hydrogen-bond acceptors (Lipinski definition) is 3. The van der Waals surface area contributed by atoms with Gasteiger partial charge >= 0.3 is 0 Å². The molecule has 132 valence electrons. The molecule has 1 aromatic carbocycles. The van der Waals surface area contributed by atoms with Crippen molar-refractivity contribution in [3.63, 3.8) is 0 Å². The molecule has 0 saturated heterocycles. The van der Waals surface area contributed by atoms with Crippen LogP contribution < -0.4 is 11.1 Å². The molecule has 24 heavy (non-hydrogen) atoms. The monoisotopic (exact) mass is 331 g/mol. The number of nitrogens with zero attached hydrogens (tertiary/aromatic N) is 1. The second kappa shape index (κ2) is 7.79. The summed E-state index contributed by atoms with van der Waals surface area (Å²) in [7, 11) is 1.80. The molecule has 5 heteroatoms. The second-order valence-electron chi connectivity index (χ2n) is 7.19.